The molecule has 0 amide bonds. The molecular formula is C17H26F3N3O3S. The Kier molecular flexibility index (Phi) is 9.04. The smallest absolute Gasteiger partial charge is 0.367 e. The van der Waals surface area contributed by atoms with Gasteiger partial charge in [0.1, 0.15) is 16.4 Å². The molecule has 0 aliphatic rings. The van der Waals surface area contributed by atoms with Crippen molar-refractivity contribution >= 4 is 15.8 Å². The number of benzene rings is 1. The number of guanidine groups is 1. The van der Waals surface area contributed by atoms with Gasteiger partial charge in [-0.3, -0.25) is 4.99 Å². The summed E-state index contributed by atoms with van der Waals surface area (Å²) in [6, 6.07) is 6.93. The molecule has 0 aliphatic heterocycles. The molecule has 0 aliphatic carbocycles. The highest BCUT2D eigenvalue weighted by atomic mass is 32.2. The number of rotatable bonds is 9. The van der Waals surface area contributed by atoms with E-state index in [2.05, 4.69) is 20.4 Å². The van der Waals surface area contributed by atoms with Crippen LogP contribution in [0, 0.1) is 0 Å². The lowest BCUT2D eigenvalue weighted by Crippen LogP contribution is -2.42. The highest BCUT2D eigenvalue weighted by molar-refractivity contribution is 7.90. The van der Waals surface area contributed by atoms with Gasteiger partial charge in [0.2, 0.25) is 0 Å². The predicted molar refractivity (Wildman–Crippen MR) is 99.3 cm³/mol. The van der Waals surface area contributed by atoms with Crippen LogP contribution in [-0.2, 0) is 27.7 Å². The van der Waals surface area contributed by atoms with E-state index in [-0.39, 0.29) is 18.4 Å². The van der Waals surface area contributed by atoms with Crippen molar-refractivity contribution in [2.24, 2.45) is 4.99 Å². The van der Waals surface area contributed by atoms with Crippen LogP contribution in [0.5, 0.6) is 0 Å². The summed E-state index contributed by atoms with van der Waals surface area (Å²) in [6.45, 7) is 0.958. The van der Waals surface area contributed by atoms with Gasteiger partial charge in [0.15, 0.2) is 5.96 Å². The lowest BCUT2D eigenvalue weighted by Gasteiger charge is -2.17. The van der Waals surface area contributed by atoms with Crippen molar-refractivity contribution in [1.29, 1.82) is 0 Å². The molecule has 0 bridgehead atoms. The molecule has 0 spiro atoms. The minimum absolute atomic E-state index is 0.0703. The van der Waals surface area contributed by atoms with E-state index in [1.54, 1.807) is 31.3 Å². The maximum absolute atomic E-state index is 12.0. The second kappa shape index (κ2) is 10.5. The summed E-state index contributed by atoms with van der Waals surface area (Å²) in [5.41, 5.74) is 1.57. The van der Waals surface area contributed by atoms with E-state index in [1.165, 1.54) is 6.26 Å². The molecule has 1 rings (SSSR count). The fourth-order valence-electron chi connectivity index (χ4n) is 2.11. The predicted octanol–water partition coefficient (Wildman–Crippen LogP) is 2.25. The van der Waals surface area contributed by atoms with E-state index in [1.807, 2.05) is 6.92 Å². The van der Waals surface area contributed by atoms with Gasteiger partial charge in [0.05, 0.1) is 12.4 Å². The molecule has 2 N–H and O–H groups in total. The lowest BCUT2D eigenvalue weighted by molar-refractivity contribution is -0.176. The van der Waals surface area contributed by atoms with Crippen LogP contribution in [0.2, 0.25) is 0 Å². The van der Waals surface area contributed by atoms with Crippen LogP contribution in [0.15, 0.2) is 29.3 Å². The van der Waals surface area contributed by atoms with Gasteiger partial charge in [-0.2, -0.15) is 13.2 Å². The molecule has 10 heteroatoms. The molecular weight excluding hydrogens is 383 g/mol. The molecule has 0 aromatic heterocycles. The summed E-state index contributed by atoms with van der Waals surface area (Å²) in [5, 5.41) is 6.22. The fraction of sp³-hybridized carbons (Fsp3) is 0.588. The van der Waals surface area contributed by atoms with Crippen molar-refractivity contribution < 1.29 is 26.3 Å². The fourth-order valence-corrected chi connectivity index (χ4v) is 2.90. The Morgan fingerprint density at radius 3 is 2.33 bits per heavy atom. The maximum Gasteiger partial charge on any atom is 0.411 e. The van der Waals surface area contributed by atoms with Crippen LogP contribution < -0.4 is 10.6 Å². The Morgan fingerprint density at radius 1 is 1.22 bits per heavy atom. The van der Waals surface area contributed by atoms with E-state index in [0.29, 0.717) is 24.5 Å². The van der Waals surface area contributed by atoms with Crippen LogP contribution >= 0.6 is 0 Å². The molecule has 0 saturated carbocycles. The van der Waals surface area contributed by atoms with E-state index in [4.69, 9.17) is 0 Å². The first-order chi connectivity index (χ1) is 12.5. The van der Waals surface area contributed by atoms with Gasteiger partial charge in [-0.25, -0.2) is 8.42 Å². The number of hydrogen-bond acceptors (Lipinski definition) is 4. The number of halogens is 3. The lowest BCUT2D eigenvalue weighted by atomic mass is 10.1. The van der Waals surface area contributed by atoms with Crippen LogP contribution in [0.4, 0.5) is 13.2 Å². The molecule has 27 heavy (non-hydrogen) atoms. The zero-order chi connectivity index (χ0) is 20.5. The second-order valence-corrected chi connectivity index (χ2v) is 8.57. The first-order valence-corrected chi connectivity index (χ1v) is 10.4. The number of sulfone groups is 1. The highest BCUT2D eigenvalue weighted by Crippen LogP contribution is 2.15. The van der Waals surface area contributed by atoms with Gasteiger partial charge >= 0.3 is 6.18 Å². The number of nitrogens with zero attached hydrogens (tertiary/aromatic N) is 1. The Hall–Kier alpha value is -1.81. The topological polar surface area (TPSA) is 79.8 Å². The van der Waals surface area contributed by atoms with E-state index in [0.717, 1.165) is 5.56 Å². The number of ether oxygens (including phenoxy) is 1. The molecule has 154 valence electrons. The first-order valence-electron chi connectivity index (χ1n) is 8.36. The summed E-state index contributed by atoms with van der Waals surface area (Å²) >= 11 is 0. The third-order valence-corrected chi connectivity index (χ3v) is 4.52. The number of hydrogen-bond donors (Lipinski definition) is 2. The zero-order valence-electron chi connectivity index (χ0n) is 15.6. The van der Waals surface area contributed by atoms with Gasteiger partial charge in [-0.1, -0.05) is 24.3 Å². The second-order valence-electron chi connectivity index (χ2n) is 6.31. The molecule has 1 aromatic carbocycles. The standard InChI is InChI=1S/C17H26F3N3O3S/c1-13(8-9-27(3,24)25)23-16(21-2)22-10-14-4-6-15(7-5-14)11-26-12-17(18,19)20/h4-7,13H,8-12H2,1-3H3,(H2,21,22,23). The van der Waals surface area contributed by atoms with Gasteiger partial charge in [-0.05, 0) is 24.5 Å². The number of nitrogens with one attached hydrogen (secondary N) is 2. The average molecular weight is 409 g/mol. The van der Waals surface area contributed by atoms with Gasteiger partial charge < -0.3 is 15.4 Å². The summed E-state index contributed by atoms with van der Waals surface area (Å²) < 4.78 is 63.2. The van der Waals surface area contributed by atoms with Gasteiger partial charge in [-0.15, -0.1) is 0 Å². The molecule has 6 nitrogen and oxygen atoms in total. The SMILES string of the molecule is CN=C(NCc1ccc(COCC(F)(F)F)cc1)NC(C)CCS(C)(=O)=O. The molecule has 0 radical (unpaired) electrons. The molecule has 1 aromatic rings. The van der Waals surface area contributed by atoms with Gasteiger partial charge in [0, 0.05) is 25.9 Å². The summed E-state index contributed by atoms with van der Waals surface area (Å²) in [7, 11) is -1.40. The molecule has 1 unspecified atom stereocenters. The number of aliphatic imine (C=N–C) groups is 1. The van der Waals surface area contributed by atoms with E-state index in [9.17, 15) is 21.6 Å². The molecule has 0 heterocycles. The molecule has 0 saturated heterocycles. The zero-order valence-corrected chi connectivity index (χ0v) is 16.5. The molecule has 1 atom stereocenters. The van der Waals surface area contributed by atoms with Crippen LogP contribution in [0.25, 0.3) is 0 Å². The minimum Gasteiger partial charge on any atom is -0.367 e. The quantitative estimate of drug-likeness (QED) is 0.483. The van der Waals surface area contributed by atoms with Crippen LogP contribution in [0.1, 0.15) is 24.5 Å². The average Bonchev–Trinajstić information content (AvgIpc) is 2.56. The van der Waals surface area contributed by atoms with Crippen molar-refractivity contribution in [2.45, 2.75) is 38.7 Å². The third kappa shape index (κ3) is 11.5. The summed E-state index contributed by atoms with van der Waals surface area (Å²) in [4.78, 5) is 4.09. The Labute approximate surface area is 158 Å². The van der Waals surface area contributed by atoms with Crippen molar-refractivity contribution in [2.75, 3.05) is 25.7 Å². The Bertz CT molecular complexity index is 704. The maximum atomic E-state index is 12.0. The third-order valence-electron chi connectivity index (χ3n) is 3.55. The highest BCUT2D eigenvalue weighted by Gasteiger charge is 2.27. The monoisotopic (exact) mass is 409 g/mol. The van der Waals surface area contributed by atoms with Crippen LogP contribution in [-0.4, -0.2) is 52.3 Å². The normalized spacial score (nSPS) is 14.1. The largest absolute Gasteiger partial charge is 0.411 e. The van der Waals surface area contributed by atoms with Gasteiger partial charge in [0.25, 0.3) is 0 Å². The van der Waals surface area contributed by atoms with E-state index < -0.39 is 22.6 Å². The Morgan fingerprint density at radius 2 is 1.81 bits per heavy atom. The van der Waals surface area contributed by atoms with Crippen molar-refractivity contribution in [1.82, 2.24) is 10.6 Å². The number of alkyl halides is 3. The first kappa shape index (κ1) is 23.2. The van der Waals surface area contributed by atoms with Crippen molar-refractivity contribution in [3.8, 4) is 0 Å². The molecule has 0 fully saturated rings. The Balaban J connectivity index is 2.42. The van der Waals surface area contributed by atoms with Crippen molar-refractivity contribution in [3.63, 3.8) is 0 Å². The summed E-state index contributed by atoms with van der Waals surface area (Å²) in [6.07, 6.45) is -2.66. The van der Waals surface area contributed by atoms with E-state index >= 15 is 0 Å². The van der Waals surface area contributed by atoms with Crippen molar-refractivity contribution in [3.05, 3.63) is 35.4 Å². The summed E-state index contributed by atoms with van der Waals surface area (Å²) in [5.74, 6) is 0.629. The minimum atomic E-state index is -4.33. The van der Waals surface area contributed by atoms with Crippen LogP contribution in [0.3, 0.4) is 0 Å².